The van der Waals surface area contributed by atoms with Crippen LogP contribution in [0.15, 0.2) is 0 Å². The molecular weight excluding hydrogens is 240 g/mol. The van der Waals surface area contributed by atoms with Gasteiger partial charge in [-0.05, 0) is 25.5 Å². The van der Waals surface area contributed by atoms with Crippen molar-refractivity contribution in [1.29, 1.82) is 0 Å². The van der Waals surface area contributed by atoms with E-state index in [2.05, 4.69) is 11.2 Å². The smallest absolute Gasteiger partial charge is 0.0891 e. The summed E-state index contributed by atoms with van der Waals surface area (Å²) >= 11 is 7.04. The topological polar surface area (TPSA) is 38.5 Å². The lowest BCUT2D eigenvalue weighted by molar-refractivity contribution is 0.125. The molecule has 2 heterocycles. The van der Waals surface area contributed by atoms with Gasteiger partial charge in [0.05, 0.1) is 16.3 Å². The molecule has 0 aromatic heterocycles. The molecule has 16 heavy (non-hydrogen) atoms. The molecule has 2 aliphatic heterocycles. The average molecular weight is 260 g/mol. The summed E-state index contributed by atoms with van der Waals surface area (Å²) in [5.41, 5.74) is 5.88. The lowest BCUT2D eigenvalue weighted by Crippen LogP contribution is -2.51. The van der Waals surface area contributed by atoms with Crippen LogP contribution in [0.2, 0.25) is 0 Å². The second-order valence-corrected chi connectivity index (χ2v) is 6.25. The number of likely N-dealkylation sites (tertiary alicyclic amines) is 1. The van der Waals surface area contributed by atoms with Crippen molar-refractivity contribution in [3.8, 4) is 0 Å². The minimum atomic E-state index is 0.0469. The molecule has 3 nitrogen and oxygen atoms in total. The van der Waals surface area contributed by atoms with E-state index in [1.54, 1.807) is 0 Å². The van der Waals surface area contributed by atoms with E-state index in [4.69, 9.17) is 22.7 Å². The highest BCUT2D eigenvalue weighted by atomic mass is 32.2. The highest BCUT2D eigenvalue weighted by Gasteiger charge is 2.38. The van der Waals surface area contributed by atoms with Gasteiger partial charge in [-0.1, -0.05) is 12.2 Å². The second kappa shape index (κ2) is 5.21. The van der Waals surface area contributed by atoms with Crippen LogP contribution in [0.3, 0.4) is 0 Å². The fraction of sp³-hybridized carbons (Fsp3) is 0.909. The van der Waals surface area contributed by atoms with E-state index < -0.39 is 0 Å². The summed E-state index contributed by atoms with van der Waals surface area (Å²) in [6.45, 7) is 4.03. The molecule has 1 unspecified atom stereocenters. The first-order chi connectivity index (χ1) is 7.68. The van der Waals surface area contributed by atoms with E-state index in [0.717, 1.165) is 39.1 Å². The minimum Gasteiger partial charge on any atom is -0.392 e. The molecule has 2 fully saturated rings. The predicted octanol–water partition coefficient (Wildman–Crippen LogP) is 1.26. The molecule has 2 rings (SSSR count). The van der Waals surface area contributed by atoms with Gasteiger partial charge in [-0.25, -0.2) is 0 Å². The molecule has 2 N–H and O–H groups in total. The maximum absolute atomic E-state index is 5.88. The molecule has 0 bridgehead atoms. The van der Waals surface area contributed by atoms with Crippen molar-refractivity contribution in [3.05, 3.63) is 0 Å². The van der Waals surface area contributed by atoms with Crippen LogP contribution in [0, 0.1) is 0 Å². The van der Waals surface area contributed by atoms with Gasteiger partial charge in [0, 0.05) is 25.7 Å². The Hall–Kier alpha value is 0.160. The SMILES string of the molecule is CSC1(C(N)=S)CCN(C2CCOC2)CC1. The molecular formula is C11H20N2OS2. The third-order valence-electron chi connectivity index (χ3n) is 3.87. The number of hydrogen-bond donors (Lipinski definition) is 1. The lowest BCUT2D eigenvalue weighted by atomic mass is 9.94. The van der Waals surface area contributed by atoms with Crippen LogP contribution in [0.1, 0.15) is 19.3 Å². The van der Waals surface area contributed by atoms with Crippen molar-refractivity contribution in [2.75, 3.05) is 32.6 Å². The predicted molar refractivity (Wildman–Crippen MR) is 73.1 cm³/mol. The van der Waals surface area contributed by atoms with Gasteiger partial charge in [0.1, 0.15) is 0 Å². The van der Waals surface area contributed by atoms with E-state index in [1.165, 1.54) is 6.42 Å². The van der Waals surface area contributed by atoms with Crippen LogP contribution in [0.5, 0.6) is 0 Å². The molecule has 0 radical (unpaired) electrons. The van der Waals surface area contributed by atoms with E-state index in [-0.39, 0.29) is 4.75 Å². The normalized spacial score (nSPS) is 30.4. The van der Waals surface area contributed by atoms with Crippen molar-refractivity contribution < 1.29 is 4.74 Å². The standard InChI is InChI=1S/C11H20N2OS2/c1-16-11(10(12)15)3-5-13(6-4-11)9-2-7-14-8-9/h9H,2-8H2,1H3,(H2,12,15). The Morgan fingerprint density at radius 2 is 2.19 bits per heavy atom. The molecule has 5 heteroatoms. The van der Waals surface area contributed by atoms with Crippen molar-refractivity contribution in [1.82, 2.24) is 4.90 Å². The van der Waals surface area contributed by atoms with E-state index >= 15 is 0 Å². The minimum absolute atomic E-state index is 0.0469. The van der Waals surface area contributed by atoms with Gasteiger partial charge in [0.2, 0.25) is 0 Å². The molecule has 92 valence electrons. The van der Waals surface area contributed by atoms with Gasteiger partial charge in [0.15, 0.2) is 0 Å². The monoisotopic (exact) mass is 260 g/mol. The fourth-order valence-corrected chi connectivity index (χ4v) is 3.86. The number of rotatable bonds is 3. The number of thioether (sulfide) groups is 1. The number of ether oxygens (including phenoxy) is 1. The highest BCUT2D eigenvalue weighted by Crippen LogP contribution is 2.36. The zero-order chi connectivity index (χ0) is 11.6. The van der Waals surface area contributed by atoms with E-state index in [9.17, 15) is 0 Å². The average Bonchev–Trinajstić information content (AvgIpc) is 2.82. The van der Waals surface area contributed by atoms with Crippen LogP contribution in [0.4, 0.5) is 0 Å². The lowest BCUT2D eigenvalue weighted by Gasteiger charge is -2.42. The van der Waals surface area contributed by atoms with E-state index in [1.807, 2.05) is 11.8 Å². The van der Waals surface area contributed by atoms with Gasteiger partial charge in [0.25, 0.3) is 0 Å². The Morgan fingerprint density at radius 3 is 2.62 bits per heavy atom. The van der Waals surface area contributed by atoms with Crippen LogP contribution in [-0.2, 0) is 4.74 Å². The first kappa shape index (κ1) is 12.6. The Kier molecular flexibility index (Phi) is 4.11. The van der Waals surface area contributed by atoms with Crippen molar-refractivity contribution in [3.63, 3.8) is 0 Å². The molecule has 1 atom stereocenters. The molecule has 0 aromatic rings. The van der Waals surface area contributed by atoms with Gasteiger partial charge < -0.3 is 10.5 Å². The summed E-state index contributed by atoms with van der Waals surface area (Å²) in [5.74, 6) is 0. The Balaban J connectivity index is 1.92. The molecule has 0 amide bonds. The first-order valence-corrected chi connectivity index (χ1v) is 7.48. The maximum Gasteiger partial charge on any atom is 0.0891 e. The molecule has 0 saturated carbocycles. The number of hydrogen-bond acceptors (Lipinski definition) is 4. The van der Waals surface area contributed by atoms with E-state index in [0.29, 0.717) is 11.0 Å². The summed E-state index contributed by atoms with van der Waals surface area (Å²) in [5, 5.41) is 0. The summed E-state index contributed by atoms with van der Waals surface area (Å²) in [6.07, 6.45) is 5.47. The summed E-state index contributed by atoms with van der Waals surface area (Å²) in [7, 11) is 0. The Bertz CT molecular complexity index is 259. The van der Waals surface area contributed by atoms with Crippen molar-refractivity contribution in [2.24, 2.45) is 5.73 Å². The van der Waals surface area contributed by atoms with Gasteiger partial charge in [-0.3, -0.25) is 4.90 Å². The zero-order valence-electron chi connectivity index (χ0n) is 9.78. The third-order valence-corrected chi connectivity index (χ3v) is 5.80. The quantitative estimate of drug-likeness (QED) is 0.774. The van der Waals surface area contributed by atoms with Gasteiger partial charge in [-0.2, -0.15) is 11.8 Å². The Labute approximate surface area is 107 Å². The van der Waals surface area contributed by atoms with Crippen LogP contribution in [0.25, 0.3) is 0 Å². The Morgan fingerprint density at radius 1 is 1.50 bits per heavy atom. The third kappa shape index (κ3) is 2.37. The maximum atomic E-state index is 5.88. The van der Waals surface area contributed by atoms with Crippen LogP contribution >= 0.6 is 24.0 Å². The highest BCUT2D eigenvalue weighted by molar-refractivity contribution is 8.01. The fourth-order valence-electron chi connectivity index (χ4n) is 2.61. The summed E-state index contributed by atoms with van der Waals surface area (Å²) in [6, 6.07) is 0.631. The van der Waals surface area contributed by atoms with Crippen LogP contribution < -0.4 is 5.73 Å². The number of nitrogens with two attached hydrogens (primary N) is 1. The van der Waals surface area contributed by atoms with Crippen molar-refractivity contribution >= 4 is 29.0 Å². The molecule has 2 aliphatic rings. The zero-order valence-corrected chi connectivity index (χ0v) is 11.4. The molecule has 0 spiro atoms. The second-order valence-electron chi connectivity index (χ2n) is 4.62. The number of nitrogens with zero attached hydrogens (tertiary/aromatic N) is 1. The van der Waals surface area contributed by atoms with Gasteiger partial charge >= 0.3 is 0 Å². The number of thiocarbonyl (C=S) groups is 1. The van der Waals surface area contributed by atoms with Crippen molar-refractivity contribution in [2.45, 2.75) is 30.1 Å². The number of piperidine rings is 1. The summed E-state index contributed by atoms with van der Waals surface area (Å²) < 4.78 is 5.49. The van der Waals surface area contributed by atoms with Crippen LogP contribution in [-0.4, -0.2) is 53.2 Å². The largest absolute Gasteiger partial charge is 0.392 e. The molecule has 2 saturated heterocycles. The first-order valence-electron chi connectivity index (χ1n) is 5.85. The molecule has 0 aromatic carbocycles. The van der Waals surface area contributed by atoms with Gasteiger partial charge in [-0.15, -0.1) is 0 Å². The molecule has 0 aliphatic carbocycles. The summed E-state index contributed by atoms with van der Waals surface area (Å²) in [4.78, 5) is 3.22.